The van der Waals surface area contributed by atoms with Crippen LogP contribution in [0.1, 0.15) is 0 Å². The average molecular weight is 286 g/mol. The Hall–Kier alpha value is -2.89. The number of carbonyl (C=O) groups is 1. The minimum atomic E-state index is -0.644. The molecule has 0 saturated heterocycles. The summed E-state index contributed by atoms with van der Waals surface area (Å²) in [7, 11) is 0. The van der Waals surface area contributed by atoms with Gasteiger partial charge in [0.25, 0.3) is 0 Å². The number of carbonyl (C=O) groups excluding carboxylic acids is 1. The number of benzene rings is 2. The Kier molecular flexibility index (Phi) is 3.27. The normalized spacial score (nSPS) is 14.1. The van der Waals surface area contributed by atoms with Crippen molar-refractivity contribution >= 4 is 18.0 Å². The summed E-state index contributed by atoms with van der Waals surface area (Å²) in [4.78, 5) is 11.5. The van der Waals surface area contributed by atoms with Gasteiger partial charge in [-0.2, -0.15) is 10.1 Å². The van der Waals surface area contributed by atoms with Crippen molar-refractivity contribution in [2.24, 2.45) is 5.10 Å². The number of hydrogen-bond acceptors (Lipinski definition) is 4. The highest BCUT2D eigenvalue weighted by Crippen LogP contribution is 2.28. The Labute approximate surface area is 119 Å². The third kappa shape index (κ3) is 2.55. The largest absolute Gasteiger partial charge is 0.508 e. The van der Waals surface area contributed by atoms with Crippen molar-refractivity contribution in [3.8, 4) is 16.9 Å². The van der Waals surface area contributed by atoms with Crippen molar-refractivity contribution in [3.05, 3.63) is 48.3 Å². The molecule has 0 aliphatic carbocycles. The topological polar surface area (TPSA) is 62.1 Å². The molecule has 1 heterocycles. The SMILES string of the molecule is O=C1OCC=NN1c1ccc(-c2ccc(O)cc2)c(F)c1. The Morgan fingerprint density at radius 3 is 2.62 bits per heavy atom. The number of rotatable bonds is 2. The average Bonchev–Trinajstić information content (AvgIpc) is 2.49. The van der Waals surface area contributed by atoms with Gasteiger partial charge in [-0.1, -0.05) is 12.1 Å². The van der Waals surface area contributed by atoms with Crippen molar-refractivity contribution in [2.75, 3.05) is 11.6 Å². The van der Waals surface area contributed by atoms with Gasteiger partial charge < -0.3 is 9.84 Å². The van der Waals surface area contributed by atoms with Crippen molar-refractivity contribution in [1.29, 1.82) is 0 Å². The summed E-state index contributed by atoms with van der Waals surface area (Å²) in [6.45, 7) is 0.114. The molecule has 1 aliphatic rings. The molecule has 0 fully saturated rings. The standard InChI is InChI=1S/C15H11FN2O3/c16-14-9-11(18-15(20)21-8-7-17-18)3-6-13(14)10-1-4-12(19)5-2-10/h1-7,9,19H,8H2. The van der Waals surface area contributed by atoms with Crippen molar-refractivity contribution < 1.29 is 19.0 Å². The van der Waals surface area contributed by atoms with Crippen molar-refractivity contribution in [2.45, 2.75) is 0 Å². The third-order valence-corrected chi connectivity index (χ3v) is 3.03. The number of nitrogens with zero attached hydrogens (tertiary/aromatic N) is 2. The maximum atomic E-state index is 14.2. The highest BCUT2D eigenvalue weighted by atomic mass is 19.1. The molecule has 6 heteroatoms. The highest BCUT2D eigenvalue weighted by molar-refractivity contribution is 5.91. The predicted molar refractivity (Wildman–Crippen MR) is 75.8 cm³/mol. The summed E-state index contributed by atoms with van der Waals surface area (Å²) in [6.07, 6.45) is 0.780. The van der Waals surface area contributed by atoms with Gasteiger partial charge in [-0.3, -0.25) is 0 Å². The van der Waals surface area contributed by atoms with Gasteiger partial charge in [0.05, 0.1) is 11.9 Å². The van der Waals surface area contributed by atoms with E-state index in [0.29, 0.717) is 11.1 Å². The highest BCUT2D eigenvalue weighted by Gasteiger charge is 2.20. The Morgan fingerprint density at radius 2 is 1.95 bits per heavy atom. The van der Waals surface area contributed by atoms with E-state index in [9.17, 15) is 14.3 Å². The first-order chi connectivity index (χ1) is 10.1. The number of phenols is 1. The first-order valence-electron chi connectivity index (χ1n) is 6.23. The van der Waals surface area contributed by atoms with Crippen molar-refractivity contribution in [1.82, 2.24) is 0 Å². The number of amides is 1. The molecule has 0 atom stereocenters. The van der Waals surface area contributed by atoms with Gasteiger partial charge in [-0.15, -0.1) is 0 Å². The number of phenolic OH excluding ortho intramolecular Hbond substituents is 1. The zero-order valence-corrected chi connectivity index (χ0v) is 10.9. The van der Waals surface area contributed by atoms with Gasteiger partial charge in [0, 0.05) is 11.6 Å². The van der Waals surface area contributed by atoms with E-state index in [2.05, 4.69) is 5.10 Å². The molecular weight excluding hydrogens is 275 g/mol. The number of hydrogen-bond donors (Lipinski definition) is 1. The van der Waals surface area contributed by atoms with Crippen LogP contribution >= 0.6 is 0 Å². The fraction of sp³-hybridized carbons (Fsp3) is 0.0667. The third-order valence-electron chi connectivity index (χ3n) is 3.03. The van der Waals surface area contributed by atoms with Gasteiger partial charge in [-0.05, 0) is 29.8 Å². The molecule has 5 nitrogen and oxygen atoms in total. The Bertz CT molecular complexity index is 713. The Morgan fingerprint density at radius 1 is 1.19 bits per heavy atom. The summed E-state index contributed by atoms with van der Waals surface area (Å²) in [6, 6.07) is 10.5. The van der Waals surface area contributed by atoms with Crippen molar-refractivity contribution in [3.63, 3.8) is 0 Å². The van der Waals surface area contributed by atoms with E-state index in [4.69, 9.17) is 4.74 Å². The van der Waals surface area contributed by atoms with Crippen LogP contribution in [0.25, 0.3) is 11.1 Å². The number of ether oxygens (including phenoxy) is 1. The van der Waals surface area contributed by atoms with E-state index in [-0.39, 0.29) is 18.0 Å². The summed E-state index contributed by atoms with van der Waals surface area (Å²) in [5, 5.41) is 14.1. The van der Waals surface area contributed by atoms with Crippen LogP contribution < -0.4 is 5.01 Å². The van der Waals surface area contributed by atoms with Gasteiger partial charge in [-0.25, -0.2) is 9.18 Å². The number of halogens is 1. The van der Waals surface area contributed by atoms with Crippen LogP contribution in [0.5, 0.6) is 5.75 Å². The molecular formula is C15H11FN2O3. The molecule has 1 aliphatic heterocycles. The second-order valence-electron chi connectivity index (χ2n) is 4.40. The quantitative estimate of drug-likeness (QED) is 0.922. The molecule has 2 aromatic carbocycles. The number of anilines is 1. The van der Waals surface area contributed by atoms with Crippen LogP contribution in [0.15, 0.2) is 47.6 Å². The Balaban J connectivity index is 1.96. The van der Waals surface area contributed by atoms with E-state index in [1.165, 1.54) is 24.4 Å². The fourth-order valence-corrected chi connectivity index (χ4v) is 2.01. The van der Waals surface area contributed by atoms with Crippen LogP contribution in [0.3, 0.4) is 0 Å². The number of cyclic esters (lactones) is 1. The molecule has 0 bridgehead atoms. The van der Waals surface area contributed by atoms with E-state index < -0.39 is 11.9 Å². The lowest BCUT2D eigenvalue weighted by molar-refractivity contribution is 0.167. The summed E-state index contributed by atoms with van der Waals surface area (Å²) < 4.78 is 19.0. The van der Waals surface area contributed by atoms with Crippen LogP contribution in [0.4, 0.5) is 14.9 Å². The molecule has 0 spiro atoms. The van der Waals surface area contributed by atoms with E-state index in [1.807, 2.05) is 0 Å². The molecule has 0 aromatic heterocycles. The second-order valence-corrected chi connectivity index (χ2v) is 4.40. The summed E-state index contributed by atoms with van der Waals surface area (Å²) in [5.41, 5.74) is 1.28. The van der Waals surface area contributed by atoms with Crippen LogP contribution in [-0.2, 0) is 4.74 Å². The summed E-state index contributed by atoms with van der Waals surface area (Å²) >= 11 is 0. The monoisotopic (exact) mass is 286 g/mol. The lowest BCUT2D eigenvalue weighted by Crippen LogP contribution is -2.31. The van der Waals surface area contributed by atoms with Gasteiger partial charge >= 0.3 is 6.09 Å². The van der Waals surface area contributed by atoms with Crippen LogP contribution in [0, 0.1) is 5.82 Å². The maximum absolute atomic E-state index is 14.2. The molecule has 0 radical (unpaired) electrons. The molecule has 3 rings (SSSR count). The smallest absolute Gasteiger partial charge is 0.435 e. The lowest BCUT2D eigenvalue weighted by atomic mass is 10.0. The predicted octanol–water partition coefficient (Wildman–Crippen LogP) is 3.14. The minimum Gasteiger partial charge on any atom is -0.508 e. The number of aromatic hydroxyl groups is 1. The molecule has 21 heavy (non-hydrogen) atoms. The first kappa shape index (κ1) is 13.1. The molecule has 0 unspecified atom stereocenters. The van der Waals surface area contributed by atoms with E-state index in [1.54, 1.807) is 24.3 Å². The summed E-state index contributed by atoms with van der Waals surface area (Å²) in [5.74, 6) is -0.382. The molecule has 1 amide bonds. The van der Waals surface area contributed by atoms with Gasteiger partial charge in [0.15, 0.2) is 0 Å². The molecule has 1 N–H and O–H groups in total. The zero-order valence-electron chi connectivity index (χ0n) is 10.9. The first-order valence-corrected chi connectivity index (χ1v) is 6.23. The lowest BCUT2D eigenvalue weighted by Gasteiger charge is -2.20. The number of hydrazone groups is 1. The van der Waals surface area contributed by atoms with Crippen LogP contribution in [-0.4, -0.2) is 24.0 Å². The molecule has 0 saturated carbocycles. The zero-order chi connectivity index (χ0) is 14.8. The van der Waals surface area contributed by atoms with Gasteiger partial charge in [0.1, 0.15) is 18.2 Å². The minimum absolute atomic E-state index is 0.112. The molecule has 106 valence electrons. The van der Waals surface area contributed by atoms with E-state index in [0.717, 1.165) is 5.01 Å². The fourth-order valence-electron chi connectivity index (χ4n) is 2.01. The van der Waals surface area contributed by atoms with Gasteiger partial charge in [0.2, 0.25) is 0 Å². The maximum Gasteiger partial charge on any atom is 0.435 e. The second kappa shape index (κ2) is 5.24. The van der Waals surface area contributed by atoms with E-state index >= 15 is 0 Å². The molecule has 2 aromatic rings. The van der Waals surface area contributed by atoms with Crippen LogP contribution in [0.2, 0.25) is 0 Å².